The summed E-state index contributed by atoms with van der Waals surface area (Å²) >= 11 is 0. The maximum atomic E-state index is 6.31. The fourth-order valence-electron chi connectivity index (χ4n) is 4.22. The largest absolute Gasteiger partial charge is 0.474 e. The lowest BCUT2D eigenvalue weighted by atomic mass is 9.99. The van der Waals surface area contributed by atoms with E-state index in [1.165, 1.54) is 11.1 Å². The van der Waals surface area contributed by atoms with Crippen molar-refractivity contribution in [2.45, 2.75) is 32.0 Å². The Morgan fingerprint density at radius 3 is 2.72 bits per heavy atom. The van der Waals surface area contributed by atoms with Crippen molar-refractivity contribution in [3.05, 3.63) is 58.8 Å². The number of pyridine rings is 1. The summed E-state index contributed by atoms with van der Waals surface area (Å²) < 4.78 is 17.2. The number of morpholine rings is 1. The van der Waals surface area contributed by atoms with E-state index < -0.39 is 0 Å². The third-order valence-electron chi connectivity index (χ3n) is 5.80. The molecule has 152 valence electrons. The van der Waals surface area contributed by atoms with Crippen LogP contribution in [0.1, 0.15) is 35.1 Å². The van der Waals surface area contributed by atoms with Crippen molar-refractivity contribution < 1.29 is 14.2 Å². The SMILES string of the molecule is c1cc(CN2CCOCC2)cc(C2=NCc3ccnc(OC4CCOCC4)c32)c1. The van der Waals surface area contributed by atoms with E-state index in [1.807, 2.05) is 6.20 Å². The minimum absolute atomic E-state index is 0.164. The Kier molecular flexibility index (Phi) is 5.56. The van der Waals surface area contributed by atoms with Crippen molar-refractivity contribution in [1.29, 1.82) is 0 Å². The zero-order valence-electron chi connectivity index (χ0n) is 16.7. The molecule has 6 nitrogen and oxygen atoms in total. The van der Waals surface area contributed by atoms with Gasteiger partial charge in [0, 0.05) is 44.2 Å². The Bertz CT molecular complexity index is 887. The Morgan fingerprint density at radius 2 is 1.86 bits per heavy atom. The second-order valence-electron chi connectivity index (χ2n) is 7.83. The summed E-state index contributed by atoms with van der Waals surface area (Å²) in [6.07, 6.45) is 3.82. The van der Waals surface area contributed by atoms with Crippen LogP contribution in [0, 0.1) is 0 Å². The van der Waals surface area contributed by atoms with Crippen molar-refractivity contribution in [2.24, 2.45) is 4.99 Å². The number of fused-ring (bicyclic) bond motifs is 1. The van der Waals surface area contributed by atoms with Crippen LogP contribution in [0.15, 0.2) is 41.5 Å². The molecule has 29 heavy (non-hydrogen) atoms. The van der Waals surface area contributed by atoms with Crippen molar-refractivity contribution in [3.63, 3.8) is 0 Å². The first-order chi connectivity index (χ1) is 14.4. The van der Waals surface area contributed by atoms with Gasteiger partial charge in [0.15, 0.2) is 0 Å². The lowest BCUT2D eigenvalue weighted by Gasteiger charge is -2.26. The predicted molar refractivity (Wildman–Crippen MR) is 111 cm³/mol. The highest BCUT2D eigenvalue weighted by Crippen LogP contribution is 2.31. The molecule has 2 aromatic rings. The van der Waals surface area contributed by atoms with Crippen LogP contribution < -0.4 is 4.74 Å². The summed E-state index contributed by atoms with van der Waals surface area (Å²) in [5.74, 6) is 0.712. The highest BCUT2D eigenvalue weighted by Gasteiger charge is 2.26. The highest BCUT2D eigenvalue weighted by molar-refractivity contribution is 6.16. The van der Waals surface area contributed by atoms with Gasteiger partial charge in [-0.15, -0.1) is 0 Å². The molecule has 5 rings (SSSR count). The maximum Gasteiger partial charge on any atom is 0.223 e. The normalized spacial score (nSPS) is 20.3. The van der Waals surface area contributed by atoms with Crippen LogP contribution in [0.25, 0.3) is 0 Å². The first-order valence-corrected chi connectivity index (χ1v) is 10.5. The molecule has 0 amide bonds. The topological polar surface area (TPSA) is 56.2 Å². The van der Waals surface area contributed by atoms with Crippen LogP contribution in [0.5, 0.6) is 5.88 Å². The summed E-state index contributed by atoms with van der Waals surface area (Å²) in [6, 6.07) is 10.8. The van der Waals surface area contributed by atoms with Gasteiger partial charge in [0.1, 0.15) is 6.10 Å². The molecule has 0 spiro atoms. The molecule has 0 bridgehead atoms. The molecular weight excluding hydrogens is 366 g/mol. The molecular formula is C23H27N3O3. The van der Waals surface area contributed by atoms with E-state index in [0.29, 0.717) is 12.4 Å². The standard InChI is InChI=1S/C23H27N3O3/c1-2-17(16-26-8-12-28-13-9-26)14-18(3-1)22-21-19(15-25-22)4-7-24-23(21)29-20-5-10-27-11-6-20/h1-4,7,14,20H,5-6,8-13,15-16H2. The number of hydrogen-bond donors (Lipinski definition) is 0. The van der Waals surface area contributed by atoms with E-state index >= 15 is 0 Å². The van der Waals surface area contributed by atoms with Gasteiger partial charge < -0.3 is 14.2 Å². The van der Waals surface area contributed by atoms with Crippen molar-refractivity contribution in [3.8, 4) is 5.88 Å². The summed E-state index contributed by atoms with van der Waals surface area (Å²) in [5, 5.41) is 0. The van der Waals surface area contributed by atoms with Gasteiger partial charge in [0.05, 0.1) is 44.2 Å². The summed E-state index contributed by atoms with van der Waals surface area (Å²) in [6.45, 7) is 6.74. The molecule has 0 saturated carbocycles. The fourth-order valence-corrected chi connectivity index (χ4v) is 4.22. The van der Waals surface area contributed by atoms with Crippen LogP contribution in [0.3, 0.4) is 0 Å². The van der Waals surface area contributed by atoms with E-state index in [0.717, 1.165) is 75.7 Å². The molecule has 0 unspecified atom stereocenters. The number of rotatable bonds is 5. The monoisotopic (exact) mass is 393 g/mol. The van der Waals surface area contributed by atoms with Crippen LogP contribution in [0.4, 0.5) is 0 Å². The average Bonchev–Trinajstić information content (AvgIpc) is 3.21. The number of ether oxygens (including phenoxy) is 3. The zero-order chi connectivity index (χ0) is 19.5. The van der Waals surface area contributed by atoms with E-state index in [4.69, 9.17) is 19.2 Å². The number of aromatic nitrogens is 1. The Hall–Kier alpha value is -2.28. The molecule has 1 aromatic carbocycles. The molecule has 3 aliphatic heterocycles. The van der Waals surface area contributed by atoms with Gasteiger partial charge in [-0.1, -0.05) is 18.2 Å². The van der Waals surface area contributed by atoms with Crippen LogP contribution in [0.2, 0.25) is 0 Å². The highest BCUT2D eigenvalue weighted by atomic mass is 16.5. The third kappa shape index (κ3) is 4.20. The van der Waals surface area contributed by atoms with E-state index in [9.17, 15) is 0 Å². The maximum absolute atomic E-state index is 6.31. The van der Waals surface area contributed by atoms with Gasteiger partial charge in [0.25, 0.3) is 0 Å². The van der Waals surface area contributed by atoms with E-state index in [2.05, 4.69) is 40.2 Å². The zero-order valence-corrected chi connectivity index (χ0v) is 16.7. The molecule has 6 heteroatoms. The van der Waals surface area contributed by atoms with Gasteiger partial charge in [-0.3, -0.25) is 9.89 Å². The Labute approximate surface area is 171 Å². The molecule has 0 atom stereocenters. The van der Waals surface area contributed by atoms with Gasteiger partial charge in [-0.05, 0) is 23.3 Å². The summed E-state index contributed by atoms with van der Waals surface area (Å²) in [7, 11) is 0. The lowest BCUT2D eigenvalue weighted by Crippen LogP contribution is -2.35. The predicted octanol–water partition coefficient (Wildman–Crippen LogP) is 2.82. The van der Waals surface area contributed by atoms with Crippen LogP contribution in [-0.2, 0) is 22.6 Å². The molecule has 0 aliphatic carbocycles. The van der Waals surface area contributed by atoms with Gasteiger partial charge in [0.2, 0.25) is 5.88 Å². The van der Waals surface area contributed by atoms with E-state index in [-0.39, 0.29) is 6.10 Å². The number of benzene rings is 1. The minimum atomic E-state index is 0.164. The van der Waals surface area contributed by atoms with Crippen LogP contribution in [-0.4, -0.2) is 61.2 Å². The van der Waals surface area contributed by atoms with Gasteiger partial charge in [-0.2, -0.15) is 0 Å². The molecule has 0 N–H and O–H groups in total. The molecule has 2 saturated heterocycles. The lowest BCUT2D eigenvalue weighted by molar-refractivity contribution is 0.0236. The number of aliphatic imine (C=N–C) groups is 1. The fraction of sp³-hybridized carbons (Fsp3) is 0.478. The van der Waals surface area contributed by atoms with Crippen molar-refractivity contribution in [1.82, 2.24) is 9.88 Å². The average molecular weight is 393 g/mol. The Balaban J connectivity index is 1.39. The summed E-state index contributed by atoms with van der Waals surface area (Å²) in [5.41, 5.74) is 5.69. The number of nitrogens with zero attached hydrogens (tertiary/aromatic N) is 3. The quantitative estimate of drug-likeness (QED) is 0.782. The summed E-state index contributed by atoms with van der Waals surface area (Å²) in [4.78, 5) is 11.9. The van der Waals surface area contributed by atoms with Crippen molar-refractivity contribution >= 4 is 5.71 Å². The Morgan fingerprint density at radius 1 is 1.03 bits per heavy atom. The number of hydrogen-bond acceptors (Lipinski definition) is 6. The molecule has 0 radical (unpaired) electrons. The molecule has 2 fully saturated rings. The molecule has 1 aromatic heterocycles. The molecule has 3 aliphatic rings. The second kappa shape index (κ2) is 8.61. The van der Waals surface area contributed by atoms with Crippen molar-refractivity contribution in [2.75, 3.05) is 39.5 Å². The smallest absolute Gasteiger partial charge is 0.223 e. The first kappa shape index (κ1) is 18.7. The van der Waals surface area contributed by atoms with Crippen LogP contribution >= 0.6 is 0 Å². The van der Waals surface area contributed by atoms with E-state index in [1.54, 1.807) is 0 Å². The van der Waals surface area contributed by atoms with Gasteiger partial charge in [-0.25, -0.2) is 4.98 Å². The second-order valence-corrected chi connectivity index (χ2v) is 7.83. The minimum Gasteiger partial charge on any atom is -0.474 e. The third-order valence-corrected chi connectivity index (χ3v) is 5.80. The molecule has 4 heterocycles. The first-order valence-electron chi connectivity index (χ1n) is 10.5. The van der Waals surface area contributed by atoms with Gasteiger partial charge >= 0.3 is 0 Å².